The molecule has 0 bridgehead atoms. The summed E-state index contributed by atoms with van der Waals surface area (Å²) in [5.74, 6) is 1.35. The van der Waals surface area contributed by atoms with E-state index in [4.69, 9.17) is 9.47 Å². The van der Waals surface area contributed by atoms with Crippen LogP contribution in [0.2, 0.25) is 0 Å². The van der Waals surface area contributed by atoms with Crippen LogP contribution in [0, 0.1) is 6.92 Å². The fourth-order valence-corrected chi connectivity index (χ4v) is 2.64. The lowest BCUT2D eigenvalue weighted by molar-refractivity contribution is 0.0880. The zero-order valence-corrected chi connectivity index (χ0v) is 14.2. The second kappa shape index (κ2) is 7.36. The maximum atomic E-state index is 12.5. The van der Waals surface area contributed by atoms with Crippen molar-refractivity contribution in [3.05, 3.63) is 64.6 Å². The molecule has 0 amide bonds. The summed E-state index contributed by atoms with van der Waals surface area (Å²) in [6.07, 6.45) is -0.854. The molecule has 6 heteroatoms. The lowest BCUT2D eigenvalue weighted by atomic mass is 10.1. The fraction of sp³-hybridized carbons (Fsp3) is 0.263. The summed E-state index contributed by atoms with van der Waals surface area (Å²) in [6.45, 7) is 1.98. The average Bonchev–Trinajstić information content (AvgIpc) is 2.64. The molecule has 0 aliphatic rings. The van der Waals surface area contributed by atoms with Gasteiger partial charge < -0.3 is 14.6 Å². The Bertz CT molecular complexity index is 919. The first kappa shape index (κ1) is 17.0. The van der Waals surface area contributed by atoms with Crippen LogP contribution >= 0.6 is 0 Å². The molecule has 1 heterocycles. The zero-order valence-electron chi connectivity index (χ0n) is 14.2. The number of aliphatic hydroxyl groups is 1. The second-order valence-electron chi connectivity index (χ2n) is 5.76. The number of rotatable bonds is 6. The highest BCUT2D eigenvalue weighted by Gasteiger charge is 2.12. The van der Waals surface area contributed by atoms with Crippen LogP contribution in [0.4, 0.5) is 0 Å². The third-order valence-corrected chi connectivity index (χ3v) is 3.94. The normalized spacial score (nSPS) is 12.1. The van der Waals surface area contributed by atoms with Gasteiger partial charge in [-0.05, 0) is 37.3 Å². The maximum Gasteiger partial charge on any atom is 0.274 e. The summed E-state index contributed by atoms with van der Waals surface area (Å²) in [4.78, 5) is 12.5. The van der Waals surface area contributed by atoms with Crippen molar-refractivity contribution in [2.75, 3.05) is 13.7 Å². The van der Waals surface area contributed by atoms with Crippen LogP contribution < -0.4 is 15.0 Å². The first-order valence-corrected chi connectivity index (χ1v) is 8.00. The lowest BCUT2D eigenvalue weighted by Crippen LogP contribution is -2.32. The van der Waals surface area contributed by atoms with Crippen LogP contribution in [0.15, 0.2) is 53.3 Å². The van der Waals surface area contributed by atoms with Gasteiger partial charge in [0.05, 0.1) is 24.7 Å². The minimum Gasteiger partial charge on any atom is -0.497 e. The molecule has 25 heavy (non-hydrogen) atoms. The fourth-order valence-electron chi connectivity index (χ4n) is 2.64. The van der Waals surface area contributed by atoms with Gasteiger partial charge in [0, 0.05) is 5.39 Å². The van der Waals surface area contributed by atoms with E-state index in [-0.39, 0.29) is 18.7 Å². The smallest absolute Gasteiger partial charge is 0.274 e. The van der Waals surface area contributed by atoms with Gasteiger partial charge in [0.1, 0.15) is 24.2 Å². The number of fused-ring (bicyclic) bond motifs is 1. The number of aliphatic hydroxyl groups excluding tert-OH is 1. The largest absolute Gasteiger partial charge is 0.497 e. The van der Waals surface area contributed by atoms with Crippen molar-refractivity contribution in [3.63, 3.8) is 0 Å². The summed E-state index contributed by atoms with van der Waals surface area (Å²) >= 11 is 0. The van der Waals surface area contributed by atoms with Gasteiger partial charge in [-0.15, -0.1) is 0 Å². The van der Waals surface area contributed by atoms with Crippen molar-refractivity contribution < 1.29 is 14.6 Å². The van der Waals surface area contributed by atoms with Crippen molar-refractivity contribution in [1.82, 2.24) is 9.78 Å². The number of hydrogen-bond donors (Lipinski definition) is 1. The molecule has 0 saturated carbocycles. The van der Waals surface area contributed by atoms with E-state index in [1.165, 1.54) is 4.68 Å². The number of nitrogens with zero attached hydrogens (tertiary/aromatic N) is 2. The quantitative estimate of drug-likeness (QED) is 0.744. The van der Waals surface area contributed by atoms with Crippen molar-refractivity contribution in [1.29, 1.82) is 0 Å². The molecule has 1 N–H and O–H groups in total. The van der Waals surface area contributed by atoms with Crippen LogP contribution in [0.25, 0.3) is 10.8 Å². The predicted molar refractivity (Wildman–Crippen MR) is 95.2 cm³/mol. The first-order chi connectivity index (χ1) is 12.1. The van der Waals surface area contributed by atoms with Gasteiger partial charge in [-0.25, -0.2) is 4.68 Å². The number of aromatic nitrogens is 2. The van der Waals surface area contributed by atoms with Crippen molar-refractivity contribution in [2.45, 2.75) is 19.6 Å². The van der Waals surface area contributed by atoms with Crippen LogP contribution in [0.5, 0.6) is 11.5 Å². The number of aryl methyl sites for hydroxylation is 1. The molecule has 0 fully saturated rings. The molecular weight excluding hydrogens is 320 g/mol. The van der Waals surface area contributed by atoms with E-state index < -0.39 is 6.10 Å². The highest BCUT2D eigenvalue weighted by atomic mass is 16.5. The first-order valence-electron chi connectivity index (χ1n) is 8.00. The summed E-state index contributed by atoms with van der Waals surface area (Å²) in [5.41, 5.74) is 0.531. The van der Waals surface area contributed by atoms with Crippen LogP contribution in [-0.4, -0.2) is 34.7 Å². The summed E-state index contributed by atoms with van der Waals surface area (Å²) < 4.78 is 11.9. The summed E-state index contributed by atoms with van der Waals surface area (Å²) in [5, 5.41) is 15.9. The summed E-state index contributed by atoms with van der Waals surface area (Å²) in [6, 6.07) is 14.4. The SMILES string of the molecule is COc1ccc(OCC(O)Cn2nc(C)c3ccccc3c2=O)cc1. The van der Waals surface area contributed by atoms with E-state index >= 15 is 0 Å². The highest BCUT2D eigenvalue weighted by molar-refractivity contribution is 5.83. The molecule has 3 rings (SSSR count). The molecule has 1 atom stereocenters. The van der Waals surface area contributed by atoms with Gasteiger partial charge >= 0.3 is 0 Å². The summed E-state index contributed by atoms with van der Waals surface area (Å²) in [7, 11) is 1.59. The topological polar surface area (TPSA) is 73.6 Å². The molecule has 0 radical (unpaired) electrons. The Morgan fingerprint density at radius 2 is 1.72 bits per heavy atom. The second-order valence-corrected chi connectivity index (χ2v) is 5.76. The van der Waals surface area contributed by atoms with Crippen LogP contribution in [0.3, 0.4) is 0 Å². The Morgan fingerprint density at radius 1 is 1.08 bits per heavy atom. The number of methoxy groups -OCH3 is 1. The lowest BCUT2D eigenvalue weighted by Gasteiger charge is -2.14. The molecule has 0 aliphatic carbocycles. The third kappa shape index (κ3) is 3.80. The predicted octanol–water partition coefficient (Wildman–Crippen LogP) is 2.15. The maximum absolute atomic E-state index is 12.5. The van der Waals surface area contributed by atoms with Crippen LogP contribution in [0.1, 0.15) is 5.69 Å². The number of benzene rings is 2. The monoisotopic (exact) mass is 340 g/mol. The van der Waals surface area contributed by atoms with Gasteiger partial charge in [0.2, 0.25) is 0 Å². The van der Waals surface area contributed by atoms with E-state index in [0.29, 0.717) is 11.1 Å². The van der Waals surface area contributed by atoms with Gasteiger partial charge in [-0.3, -0.25) is 4.79 Å². The minimum atomic E-state index is -0.854. The van der Waals surface area contributed by atoms with Crippen LogP contribution in [-0.2, 0) is 6.54 Å². The molecule has 0 saturated heterocycles. The Kier molecular flexibility index (Phi) is 5.00. The Hall–Kier alpha value is -2.86. The third-order valence-electron chi connectivity index (χ3n) is 3.94. The molecule has 0 spiro atoms. The van der Waals surface area contributed by atoms with E-state index in [1.54, 1.807) is 37.4 Å². The molecular formula is C19H20N2O4. The Balaban J connectivity index is 1.70. The number of ether oxygens (including phenoxy) is 2. The van der Waals surface area contributed by atoms with Gasteiger partial charge in [-0.1, -0.05) is 18.2 Å². The van der Waals surface area contributed by atoms with E-state index in [1.807, 2.05) is 25.1 Å². The van der Waals surface area contributed by atoms with E-state index in [2.05, 4.69) is 5.10 Å². The molecule has 2 aromatic carbocycles. The van der Waals surface area contributed by atoms with Gasteiger partial charge in [-0.2, -0.15) is 5.10 Å². The molecule has 1 aromatic heterocycles. The molecule has 3 aromatic rings. The van der Waals surface area contributed by atoms with Crippen molar-refractivity contribution in [3.8, 4) is 11.5 Å². The van der Waals surface area contributed by atoms with Gasteiger partial charge in [0.25, 0.3) is 5.56 Å². The average molecular weight is 340 g/mol. The standard InChI is InChI=1S/C19H20N2O4/c1-13-17-5-3-4-6-18(17)19(23)21(20-13)11-14(22)12-25-16-9-7-15(24-2)8-10-16/h3-10,14,22H,11-12H2,1-2H3. The Labute approximate surface area is 145 Å². The highest BCUT2D eigenvalue weighted by Crippen LogP contribution is 2.17. The van der Waals surface area contributed by atoms with Gasteiger partial charge in [0.15, 0.2) is 0 Å². The zero-order chi connectivity index (χ0) is 17.8. The molecule has 0 aliphatic heterocycles. The van der Waals surface area contributed by atoms with E-state index in [9.17, 15) is 9.90 Å². The van der Waals surface area contributed by atoms with E-state index in [0.717, 1.165) is 16.8 Å². The molecule has 6 nitrogen and oxygen atoms in total. The minimum absolute atomic E-state index is 0.0618. The Morgan fingerprint density at radius 3 is 2.40 bits per heavy atom. The number of hydrogen-bond acceptors (Lipinski definition) is 5. The van der Waals surface area contributed by atoms with Crippen molar-refractivity contribution >= 4 is 10.8 Å². The molecule has 130 valence electrons. The molecule has 1 unspecified atom stereocenters. The van der Waals surface area contributed by atoms with Crippen molar-refractivity contribution in [2.24, 2.45) is 0 Å².